The van der Waals surface area contributed by atoms with Crippen molar-refractivity contribution < 1.29 is 10.2 Å². The zero-order chi connectivity index (χ0) is 17.1. The van der Waals surface area contributed by atoms with Gasteiger partial charge in [0, 0.05) is 16.8 Å². The number of aliphatic imine (C=N–C) groups is 1. The summed E-state index contributed by atoms with van der Waals surface area (Å²) in [7, 11) is 0. The third kappa shape index (κ3) is 2.70. The van der Waals surface area contributed by atoms with Crippen LogP contribution >= 0.6 is 0 Å². The standard InChI is InChI=1S/C19H18N2O3/c1-13(20-11-12-22)17-18(23)15-9-5-6-10-16(15)21(19(17)24)14-7-3-2-4-8-14/h2-10,22-23H,11-12H2,1H3. The van der Waals surface area contributed by atoms with Gasteiger partial charge in [0.25, 0.3) is 5.56 Å². The fraction of sp³-hybridized carbons (Fsp3) is 0.158. The van der Waals surface area contributed by atoms with Gasteiger partial charge >= 0.3 is 0 Å². The van der Waals surface area contributed by atoms with Crippen LogP contribution in [0.25, 0.3) is 16.6 Å². The monoisotopic (exact) mass is 322 g/mol. The van der Waals surface area contributed by atoms with E-state index in [9.17, 15) is 9.90 Å². The third-order valence-corrected chi connectivity index (χ3v) is 3.88. The van der Waals surface area contributed by atoms with Crippen LogP contribution in [0.3, 0.4) is 0 Å². The van der Waals surface area contributed by atoms with Crippen molar-refractivity contribution in [1.82, 2.24) is 4.57 Å². The van der Waals surface area contributed by atoms with Gasteiger partial charge in [-0.15, -0.1) is 0 Å². The number of para-hydroxylation sites is 2. The second-order valence-electron chi connectivity index (χ2n) is 5.41. The van der Waals surface area contributed by atoms with E-state index < -0.39 is 0 Å². The number of pyridine rings is 1. The van der Waals surface area contributed by atoms with Gasteiger partial charge in [-0.05, 0) is 31.2 Å². The molecular weight excluding hydrogens is 304 g/mol. The number of rotatable bonds is 4. The zero-order valence-electron chi connectivity index (χ0n) is 13.3. The maximum absolute atomic E-state index is 13.1. The lowest BCUT2D eigenvalue weighted by molar-refractivity contribution is 0.307. The molecule has 1 heterocycles. The molecule has 0 bridgehead atoms. The Morgan fingerprint density at radius 3 is 2.46 bits per heavy atom. The number of aromatic hydroxyl groups is 1. The first-order valence-corrected chi connectivity index (χ1v) is 7.69. The first kappa shape index (κ1) is 16.0. The molecule has 0 radical (unpaired) electrons. The highest BCUT2D eigenvalue weighted by Crippen LogP contribution is 2.28. The van der Waals surface area contributed by atoms with Crippen molar-refractivity contribution in [3.05, 3.63) is 70.5 Å². The molecule has 5 heteroatoms. The molecular formula is C19H18N2O3. The number of aliphatic hydroxyl groups is 1. The Morgan fingerprint density at radius 2 is 1.75 bits per heavy atom. The number of aliphatic hydroxyl groups excluding tert-OH is 1. The Morgan fingerprint density at radius 1 is 1.08 bits per heavy atom. The van der Waals surface area contributed by atoms with Crippen LogP contribution in [0.2, 0.25) is 0 Å². The van der Waals surface area contributed by atoms with Crippen LogP contribution in [0.5, 0.6) is 5.75 Å². The summed E-state index contributed by atoms with van der Waals surface area (Å²) in [4.78, 5) is 17.2. The Bertz CT molecular complexity index is 960. The van der Waals surface area contributed by atoms with Gasteiger partial charge in [-0.3, -0.25) is 14.4 Å². The Hall–Kier alpha value is -2.92. The van der Waals surface area contributed by atoms with Crippen molar-refractivity contribution in [1.29, 1.82) is 0 Å². The van der Waals surface area contributed by atoms with Crippen molar-refractivity contribution in [3.63, 3.8) is 0 Å². The second kappa shape index (κ2) is 6.68. The van der Waals surface area contributed by atoms with E-state index in [-0.39, 0.29) is 30.0 Å². The van der Waals surface area contributed by atoms with E-state index in [1.165, 1.54) is 0 Å². The second-order valence-corrected chi connectivity index (χ2v) is 5.41. The summed E-state index contributed by atoms with van der Waals surface area (Å²) in [5.41, 5.74) is 1.57. The van der Waals surface area contributed by atoms with Crippen molar-refractivity contribution in [2.75, 3.05) is 13.2 Å². The number of aromatic nitrogens is 1. The number of hydrogen-bond donors (Lipinski definition) is 2. The molecule has 0 unspecified atom stereocenters. The van der Waals surface area contributed by atoms with Crippen molar-refractivity contribution in [3.8, 4) is 11.4 Å². The highest BCUT2D eigenvalue weighted by molar-refractivity contribution is 6.05. The van der Waals surface area contributed by atoms with E-state index in [2.05, 4.69) is 4.99 Å². The molecule has 0 aliphatic carbocycles. The number of nitrogens with zero attached hydrogens (tertiary/aromatic N) is 2. The molecule has 2 aromatic carbocycles. The lowest BCUT2D eigenvalue weighted by Gasteiger charge is -2.15. The molecule has 0 aliphatic rings. The van der Waals surface area contributed by atoms with Gasteiger partial charge in [-0.25, -0.2) is 0 Å². The topological polar surface area (TPSA) is 74.8 Å². The molecule has 5 nitrogen and oxygen atoms in total. The Labute approximate surface area is 139 Å². The largest absolute Gasteiger partial charge is 0.506 e. The summed E-state index contributed by atoms with van der Waals surface area (Å²) in [5, 5.41) is 20.1. The highest BCUT2D eigenvalue weighted by atomic mass is 16.3. The molecule has 0 saturated carbocycles. The molecule has 0 atom stereocenters. The van der Waals surface area contributed by atoms with Gasteiger partial charge < -0.3 is 10.2 Å². The van der Waals surface area contributed by atoms with Crippen LogP contribution in [0.4, 0.5) is 0 Å². The average molecular weight is 322 g/mol. The lowest BCUT2D eigenvalue weighted by atomic mass is 10.1. The molecule has 24 heavy (non-hydrogen) atoms. The van der Waals surface area contributed by atoms with Gasteiger partial charge in [-0.2, -0.15) is 0 Å². The molecule has 0 aliphatic heterocycles. The van der Waals surface area contributed by atoms with E-state index in [4.69, 9.17) is 5.11 Å². The maximum atomic E-state index is 13.1. The molecule has 0 fully saturated rings. The Balaban J connectivity index is 2.41. The van der Waals surface area contributed by atoms with E-state index >= 15 is 0 Å². The van der Waals surface area contributed by atoms with Crippen molar-refractivity contribution in [2.45, 2.75) is 6.92 Å². The molecule has 3 rings (SSSR count). The van der Waals surface area contributed by atoms with Crippen LogP contribution in [-0.2, 0) is 0 Å². The summed E-state index contributed by atoms with van der Waals surface area (Å²) in [6.07, 6.45) is 0. The van der Waals surface area contributed by atoms with Crippen LogP contribution in [0.15, 0.2) is 64.4 Å². The minimum Gasteiger partial charge on any atom is -0.506 e. The fourth-order valence-corrected chi connectivity index (χ4v) is 2.78. The van der Waals surface area contributed by atoms with E-state index in [1.807, 2.05) is 42.5 Å². The summed E-state index contributed by atoms with van der Waals surface area (Å²) in [6, 6.07) is 16.5. The van der Waals surface area contributed by atoms with Crippen molar-refractivity contribution >= 4 is 16.6 Å². The molecule has 1 aromatic heterocycles. The Kier molecular flexibility index (Phi) is 4.44. The van der Waals surface area contributed by atoms with Crippen LogP contribution in [0.1, 0.15) is 12.5 Å². The summed E-state index contributed by atoms with van der Waals surface area (Å²) in [6.45, 7) is 1.73. The van der Waals surface area contributed by atoms with Gasteiger partial charge in [0.05, 0.1) is 18.7 Å². The molecule has 0 saturated heterocycles. The van der Waals surface area contributed by atoms with Gasteiger partial charge in [0.15, 0.2) is 0 Å². The summed E-state index contributed by atoms with van der Waals surface area (Å²) >= 11 is 0. The minimum atomic E-state index is -0.336. The molecule has 3 aromatic rings. The summed E-state index contributed by atoms with van der Waals surface area (Å²) in [5.74, 6) is -0.0815. The van der Waals surface area contributed by atoms with E-state index in [0.29, 0.717) is 16.6 Å². The molecule has 122 valence electrons. The third-order valence-electron chi connectivity index (χ3n) is 3.88. The number of hydrogen-bond acceptors (Lipinski definition) is 4. The fourth-order valence-electron chi connectivity index (χ4n) is 2.78. The average Bonchev–Trinajstić information content (AvgIpc) is 2.61. The SMILES string of the molecule is CC(=NCCO)c1c(O)c2ccccc2n(-c2ccccc2)c1=O. The maximum Gasteiger partial charge on any atom is 0.268 e. The van der Waals surface area contributed by atoms with Crippen molar-refractivity contribution in [2.24, 2.45) is 4.99 Å². The smallest absolute Gasteiger partial charge is 0.268 e. The highest BCUT2D eigenvalue weighted by Gasteiger charge is 2.18. The zero-order valence-corrected chi connectivity index (χ0v) is 13.3. The minimum absolute atomic E-state index is 0.0815. The summed E-state index contributed by atoms with van der Waals surface area (Å²) < 4.78 is 1.57. The predicted molar refractivity (Wildman–Crippen MR) is 95.4 cm³/mol. The first-order chi connectivity index (χ1) is 11.6. The number of fused-ring (bicyclic) bond motifs is 1. The van der Waals surface area contributed by atoms with Crippen LogP contribution in [-0.4, -0.2) is 33.6 Å². The molecule has 0 amide bonds. The number of benzene rings is 2. The predicted octanol–water partition coefficient (Wildman–Crippen LogP) is 2.50. The van der Waals surface area contributed by atoms with Crippen LogP contribution < -0.4 is 5.56 Å². The van der Waals surface area contributed by atoms with Gasteiger partial charge in [0.2, 0.25) is 0 Å². The van der Waals surface area contributed by atoms with Crippen LogP contribution in [0, 0.1) is 0 Å². The van der Waals surface area contributed by atoms with E-state index in [0.717, 1.165) is 5.69 Å². The molecule has 2 N–H and O–H groups in total. The normalized spacial score (nSPS) is 11.8. The quantitative estimate of drug-likeness (QED) is 0.725. The first-order valence-electron chi connectivity index (χ1n) is 7.69. The van der Waals surface area contributed by atoms with E-state index in [1.54, 1.807) is 23.6 Å². The van der Waals surface area contributed by atoms with Gasteiger partial charge in [-0.1, -0.05) is 30.3 Å². The van der Waals surface area contributed by atoms with Gasteiger partial charge in [0.1, 0.15) is 11.3 Å². The lowest BCUT2D eigenvalue weighted by Crippen LogP contribution is -2.25. The molecule has 0 spiro atoms.